The van der Waals surface area contributed by atoms with Gasteiger partial charge in [-0.3, -0.25) is 4.57 Å². The first-order chi connectivity index (χ1) is 38.2. The Balaban J connectivity index is 0.945. The minimum absolute atomic E-state index is 0.554. The van der Waals surface area contributed by atoms with Crippen LogP contribution in [0.2, 0.25) is 0 Å². The second-order valence-corrected chi connectivity index (χ2v) is 20.0. The average molecular weight is 981 g/mol. The highest BCUT2D eigenvalue weighted by Gasteiger charge is 2.25. The SMILES string of the molecule is c1ccc(-c2cc(-c3ccccc3)cc(-n3c4ccccc4c4c5c6ccccc6n(-c6cccc7c6c6ccccc6n7-c6nc(-c7ccc8ccccc8c7)nc(-c7ccc8ccccc8c7)n6)c5ccc43)c2)cc1. The van der Waals surface area contributed by atoms with Crippen molar-refractivity contribution >= 4 is 87.0 Å². The van der Waals surface area contributed by atoms with Gasteiger partial charge in [0.2, 0.25) is 5.95 Å². The van der Waals surface area contributed by atoms with Gasteiger partial charge in [0.1, 0.15) is 0 Å². The maximum Gasteiger partial charge on any atom is 0.238 e. The van der Waals surface area contributed by atoms with Crippen LogP contribution in [0.1, 0.15) is 0 Å². The summed E-state index contributed by atoms with van der Waals surface area (Å²) in [7, 11) is 0. The van der Waals surface area contributed by atoms with E-state index in [2.05, 4.69) is 281 Å². The lowest BCUT2D eigenvalue weighted by Gasteiger charge is -2.14. The van der Waals surface area contributed by atoms with Crippen molar-refractivity contribution in [2.75, 3.05) is 0 Å². The molecule has 16 aromatic rings. The van der Waals surface area contributed by atoms with Crippen molar-refractivity contribution in [1.29, 1.82) is 0 Å². The van der Waals surface area contributed by atoms with E-state index in [1.54, 1.807) is 0 Å². The quantitative estimate of drug-likeness (QED) is 0.160. The number of nitrogens with zero attached hydrogens (tertiary/aromatic N) is 6. The molecular formula is C71H44N6. The van der Waals surface area contributed by atoms with E-state index in [0.29, 0.717) is 17.6 Å². The van der Waals surface area contributed by atoms with Crippen LogP contribution >= 0.6 is 0 Å². The van der Waals surface area contributed by atoms with E-state index in [1.807, 2.05) is 0 Å². The Kier molecular flexibility index (Phi) is 9.53. The third-order valence-electron chi connectivity index (χ3n) is 15.6. The van der Waals surface area contributed by atoms with Gasteiger partial charge in [-0.2, -0.15) is 9.97 Å². The standard InChI is InChI=1S/C71H44N6/c1-3-18-45(19-4-1)53-42-54(46-20-5-2-6-21-46)44-55(43-53)75-59-29-14-12-27-57(59)67-64(75)38-39-65-68(67)58-28-13-15-30-60(58)76(65)62-32-17-33-63-66(62)56-26-11-16-31-61(56)77(63)71-73-69(51-36-34-47-22-7-9-24-49(47)40-51)72-70(74-71)52-37-35-48-23-8-10-25-50(48)41-52/h1-44H. The van der Waals surface area contributed by atoms with Gasteiger partial charge in [-0.1, -0.05) is 194 Å². The van der Waals surface area contributed by atoms with E-state index in [1.165, 1.54) is 43.8 Å². The minimum Gasteiger partial charge on any atom is -0.309 e. The molecule has 0 bridgehead atoms. The molecule has 0 saturated carbocycles. The molecule has 0 N–H and O–H groups in total. The predicted octanol–water partition coefficient (Wildman–Crippen LogP) is 18.1. The van der Waals surface area contributed by atoms with E-state index >= 15 is 0 Å². The van der Waals surface area contributed by atoms with Gasteiger partial charge in [0.25, 0.3) is 0 Å². The number of hydrogen-bond acceptors (Lipinski definition) is 3. The zero-order valence-corrected chi connectivity index (χ0v) is 41.6. The zero-order valence-electron chi connectivity index (χ0n) is 41.6. The van der Waals surface area contributed by atoms with Crippen LogP contribution in [0.5, 0.6) is 0 Å². The van der Waals surface area contributed by atoms with Crippen molar-refractivity contribution in [3.63, 3.8) is 0 Å². The second-order valence-electron chi connectivity index (χ2n) is 20.0. The third-order valence-corrected chi connectivity index (χ3v) is 15.6. The van der Waals surface area contributed by atoms with Crippen LogP contribution in [0.4, 0.5) is 0 Å². The van der Waals surface area contributed by atoms with Crippen LogP contribution in [-0.4, -0.2) is 28.7 Å². The van der Waals surface area contributed by atoms with Crippen LogP contribution in [0.3, 0.4) is 0 Å². The van der Waals surface area contributed by atoms with Crippen molar-refractivity contribution in [2.24, 2.45) is 0 Å². The van der Waals surface area contributed by atoms with Crippen LogP contribution in [0, 0.1) is 0 Å². The average Bonchev–Trinajstić information content (AvgIpc) is 4.17. The smallest absolute Gasteiger partial charge is 0.238 e. The van der Waals surface area contributed by atoms with Gasteiger partial charge < -0.3 is 9.13 Å². The van der Waals surface area contributed by atoms with Gasteiger partial charge in [-0.25, -0.2) is 4.98 Å². The molecule has 0 atom stereocenters. The number of rotatable bonds is 7. The molecule has 0 aliphatic heterocycles. The molecular weight excluding hydrogens is 937 g/mol. The van der Waals surface area contributed by atoms with Crippen LogP contribution in [-0.2, 0) is 0 Å². The molecule has 0 amide bonds. The largest absolute Gasteiger partial charge is 0.309 e. The summed E-state index contributed by atoms with van der Waals surface area (Å²) in [6, 6.07) is 96.0. The molecule has 6 heteroatoms. The molecule has 6 nitrogen and oxygen atoms in total. The molecule has 0 saturated heterocycles. The molecule has 0 fully saturated rings. The number of para-hydroxylation sites is 3. The summed E-state index contributed by atoms with van der Waals surface area (Å²) >= 11 is 0. The Labute approximate surface area is 442 Å². The zero-order chi connectivity index (χ0) is 50.6. The summed E-state index contributed by atoms with van der Waals surface area (Å²) in [5.74, 6) is 1.78. The summed E-state index contributed by atoms with van der Waals surface area (Å²) in [5, 5.41) is 11.6. The molecule has 16 rings (SSSR count). The summed E-state index contributed by atoms with van der Waals surface area (Å²) in [4.78, 5) is 16.0. The number of aromatic nitrogens is 6. The van der Waals surface area contributed by atoms with E-state index in [4.69, 9.17) is 15.0 Å². The fourth-order valence-electron chi connectivity index (χ4n) is 12.2. The first-order valence-corrected chi connectivity index (χ1v) is 26.2. The normalized spacial score (nSPS) is 11.9. The van der Waals surface area contributed by atoms with Crippen LogP contribution < -0.4 is 0 Å². The van der Waals surface area contributed by atoms with Crippen molar-refractivity contribution in [1.82, 2.24) is 28.7 Å². The fourth-order valence-corrected chi connectivity index (χ4v) is 12.2. The molecule has 0 unspecified atom stereocenters. The fraction of sp³-hybridized carbons (Fsp3) is 0. The van der Waals surface area contributed by atoms with Crippen molar-refractivity contribution < 1.29 is 0 Å². The van der Waals surface area contributed by atoms with Crippen molar-refractivity contribution in [3.05, 3.63) is 267 Å². The Morgan fingerprint density at radius 1 is 0.234 bits per heavy atom. The maximum atomic E-state index is 5.40. The van der Waals surface area contributed by atoms with Crippen molar-refractivity contribution in [2.45, 2.75) is 0 Å². The molecule has 358 valence electrons. The lowest BCUT2D eigenvalue weighted by atomic mass is 9.98. The number of benzene rings is 12. The molecule has 0 aliphatic carbocycles. The highest BCUT2D eigenvalue weighted by atomic mass is 15.2. The second kappa shape index (κ2) is 17.1. The first kappa shape index (κ1) is 43.0. The molecule has 77 heavy (non-hydrogen) atoms. The van der Waals surface area contributed by atoms with Crippen LogP contribution in [0.25, 0.3) is 149 Å². The van der Waals surface area contributed by atoms with E-state index < -0.39 is 0 Å². The molecule has 0 radical (unpaired) electrons. The Hall–Kier alpha value is -10.4. The Morgan fingerprint density at radius 2 is 0.662 bits per heavy atom. The number of hydrogen-bond donors (Lipinski definition) is 0. The van der Waals surface area contributed by atoms with Crippen LogP contribution in [0.15, 0.2) is 267 Å². The van der Waals surface area contributed by atoms with E-state index in [0.717, 1.165) is 87.9 Å². The van der Waals surface area contributed by atoms with Gasteiger partial charge in [-0.05, 0) is 117 Å². The summed E-state index contributed by atoms with van der Waals surface area (Å²) in [6.45, 7) is 0. The van der Waals surface area contributed by atoms with Gasteiger partial charge >= 0.3 is 0 Å². The lowest BCUT2D eigenvalue weighted by molar-refractivity contribution is 0.953. The predicted molar refractivity (Wildman–Crippen MR) is 320 cm³/mol. The monoisotopic (exact) mass is 980 g/mol. The highest BCUT2D eigenvalue weighted by molar-refractivity contribution is 6.29. The van der Waals surface area contributed by atoms with E-state index in [-0.39, 0.29) is 0 Å². The Bertz CT molecular complexity index is 4890. The topological polar surface area (TPSA) is 53.5 Å². The van der Waals surface area contributed by atoms with Gasteiger partial charge in [0.15, 0.2) is 11.6 Å². The summed E-state index contributed by atoms with van der Waals surface area (Å²) in [5.41, 5.74) is 15.3. The summed E-state index contributed by atoms with van der Waals surface area (Å²) < 4.78 is 7.18. The number of fused-ring (bicyclic) bond motifs is 12. The molecule has 4 heterocycles. The van der Waals surface area contributed by atoms with E-state index in [9.17, 15) is 0 Å². The highest BCUT2D eigenvalue weighted by Crippen LogP contribution is 2.45. The molecule has 12 aromatic carbocycles. The Morgan fingerprint density at radius 3 is 1.22 bits per heavy atom. The van der Waals surface area contributed by atoms with Crippen molar-refractivity contribution in [3.8, 4) is 62.4 Å². The molecule has 4 aromatic heterocycles. The first-order valence-electron chi connectivity index (χ1n) is 26.2. The van der Waals surface area contributed by atoms with Gasteiger partial charge in [0, 0.05) is 49.1 Å². The molecule has 0 spiro atoms. The lowest BCUT2D eigenvalue weighted by Crippen LogP contribution is -2.06. The third kappa shape index (κ3) is 6.79. The summed E-state index contributed by atoms with van der Waals surface area (Å²) in [6.07, 6.45) is 0. The maximum absolute atomic E-state index is 5.40. The van der Waals surface area contributed by atoms with Gasteiger partial charge in [0.05, 0.1) is 38.8 Å². The molecule has 0 aliphatic rings. The van der Waals surface area contributed by atoms with Gasteiger partial charge in [-0.15, -0.1) is 0 Å². The minimum atomic E-state index is 0.554.